The van der Waals surface area contributed by atoms with Gasteiger partial charge in [0.05, 0.1) is 16.3 Å². The normalized spacial score (nSPS) is 11.5. The fraction of sp³-hybridized carbons (Fsp3) is 0. The van der Waals surface area contributed by atoms with Gasteiger partial charge in [0.2, 0.25) is 0 Å². The molecule has 0 aliphatic heterocycles. The zero-order valence-electron chi connectivity index (χ0n) is 13.9. The van der Waals surface area contributed by atoms with Crippen molar-refractivity contribution in [3.8, 4) is 22.5 Å². The Labute approximate surface area is 157 Å². The van der Waals surface area contributed by atoms with E-state index in [4.69, 9.17) is 21.8 Å². The number of nitrogens with two attached hydrogens (primary N) is 1. The van der Waals surface area contributed by atoms with E-state index in [2.05, 4.69) is 9.97 Å². The molecule has 0 amide bonds. The molecular formula is C20H12ClFN4O. The summed E-state index contributed by atoms with van der Waals surface area (Å²) >= 11 is 5.95. The van der Waals surface area contributed by atoms with Gasteiger partial charge >= 0.3 is 0 Å². The highest BCUT2D eigenvalue weighted by atomic mass is 35.5. The van der Waals surface area contributed by atoms with E-state index in [1.54, 1.807) is 18.5 Å². The molecule has 1 aromatic carbocycles. The van der Waals surface area contributed by atoms with Gasteiger partial charge in [-0.05, 0) is 35.9 Å². The molecular weight excluding hydrogens is 367 g/mol. The largest absolute Gasteiger partial charge is 0.438 e. The molecule has 0 spiro atoms. The summed E-state index contributed by atoms with van der Waals surface area (Å²) < 4.78 is 21.4. The van der Waals surface area contributed by atoms with Crippen molar-refractivity contribution in [1.29, 1.82) is 0 Å². The maximum absolute atomic E-state index is 13.6. The molecule has 0 fully saturated rings. The lowest BCUT2D eigenvalue weighted by molar-refractivity contribution is 0.628. The number of imidazole rings is 1. The zero-order chi connectivity index (χ0) is 18.5. The molecule has 0 radical (unpaired) electrons. The van der Waals surface area contributed by atoms with Crippen molar-refractivity contribution >= 4 is 34.1 Å². The van der Waals surface area contributed by atoms with Gasteiger partial charge in [-0.25, -0.2) is 9.37 Å². The first-order valence-electron chi connectivity index (χ1n) is 8.18. The zero-order valence-corrected chi connectivity index (χ0v) is 14.6. The lowest BCUT2D eigenvalue weighted by Crippen LogP contribution is -1.93. The highest BCUT2D eigenvalue weighted by molar-refractivity contribution is 6.31. The summed E-state index contributed by atoms with van der Waals surface area (Å²) in [6.07, 6.45) is 5.27. The molecule has 4 heterocycles. The maximum atomic E-state index is 13.6. The van der Waals surface area contributed by atoms with Gasteiger partial charge in [0.25, 0.3) is 0 Å². The third-order valence-electron chi connectivity index (χ3n) is 4.51. The number of rotatable bonds is 2. The standard InChI is InChI=1S/C20H12ClFN4O/c21-13-10-11(4-5-14(13)22)17-12-6-7-25-18(19(12)27-20(17)23)15-2-1-3-16-24-8-9-26(15)16/h1-10H,23H2. The highest BCUT2D eigenvalue weighted by Crippen LogP contribution is 2.40. The molecule has 7 heteroatoms. The minimum atomic E-state index is -0.485. The van der Waals surface area contributed by atoms with Crippen LogP contribution in [0.1, 0.15) is 0 Å². The Morgan fingerprint density at radius 3 is 2.81 bits per heavy atom. The number of anilines is 1. The lowest BCUT2D eigenvalue weighted by atomic mass is 10.0. The monoisotopic (exact) mass is 378 g/mol. The maximum Gasteiger partial charge on any atom is 0.199 e. The number of pyridine rings is 2. The molecule has 2 N–H and O–H groups in total. The molecule has 5 rings (SSSR count). The van der Waals surface area contributed by atoms with Crippen molar-refractivity contribution in [3.63, 3.8) is 0 Å². The molecule has 132 valence electrons. The topological polar surface area (TPSA) is 69.3 Å². The molecule has 4 aromatic heterocycles. The first-order chi connectivity index (χ1) is 13.1. The fourth-order valence-corrected chi connectivity index (χ4v) is 3.50. The predicted molar refractivity (Wildman–Crippen MR) is 103 cm³/mol. The molecule has 0 aliphatic rings. The number of nitrogen functional groups attached to an aromatic ring is 1. The number of aromatic nitrogens is 3. The summed E-state index contributed by atoms with van der Waals surface area (Å²) in [4.78, 5) is 8.81. The summed E-state index contributed by atoms with van der Waals surface area (Å²) in [5, 5.41) is 0.802. The number of fused-ring (bicyclic) bond motifs is 2. The second-order valence-electron chi connectivity index (χ2n) is 6.07. The molecule has 0 bridgehead atoms. The number of hydrogen-bond donors (Lipinski definition) is 1. The Hall–Kier alpha value is -3.38. The first-order valence-corrected chi connectivity index (χ1v) is 8.56. The second-order valence-corrected chi connectivity index (χ2v) is 6.48. The van der Waals surface area contributed by atoms with Crippen LogP contribution in [0.2, 0.25) is 5.02 Å². The van der Waals surface area contributed by atoms with Crippen LogP contribution < -0.4 is 5.73 Å². The van der Waals surface area contributed by atoms with Crippen molar-refractivity contribution in [2.75, 3.05) is 5.73 Å². The molecule has 0 saturated carbocycles. The number of furan rings is 1. The fourth-order valence-electron chi connectivity index (χ4n) is 3.31. The number of benzene rings is 1. The quantitative estimate of drug-likeness (QED) is 0.459. The van der Waals surface area contributed by atoms with E-state index < -0.39 is 5.82 Å². The van der Waals surface area contributed by atoms with Crippen LogP contribution in [0.4, 0.5) is 10.3 Å². The first kappa shape index (κ1) is 15.8. The third-order valence-corrected chi connectivity index (χ3v) is 4.80. The van der Waals surface area contributed by atoms with E-state index in [1.165, 1.54) is 12.1 Å². The van der Waals surface area contributed by atoms with Gasteiger partial charge in [-0.1, -0.05) is 23.7 Å². The van der Waals surface area contributed by atoms with Crippen molar-refractivity contribution < 1.29 is 8.81 Å². The Kier molecular flexibility index (Phi) is 3.42. The smallest absolute Gasteiger partial charge is 0.199 e. The van der Waals surface area contributed by atoms with Gasteiger partial charge in [-0.2, -0.15) is 0 Å². The Balaban J connectivity index is 1.80. The van der Waals surface area contributed by atoms with Crippen molar-refractivity contribution in [2.24, 2.45) is 0 Å². The molecule has 5 nitrogen and oxygen atoms in total. The van der Waals surface area contributed by atoms with E-state index in [9.17, 15) is 4.39 Å². The summed E-state index contributed by atoms with van der Waals surface area (Å²) in [6, 6.07) is 12.0. The van der Waals surface area contributed by atoms with E-state index >= 15 is 0 Å². The van der Waals surface area contributed by atoms with Crippen LogP contribution >= 0.6 is 11.6 Å². The van der Waals surface area contributed by atoms with E-state index in [1.807, 2.05) is 34.9 Å². The Morgan fingerprint density at radius 2 is 1.96 bits per heavy atom. The van der Waals surface area contributed by atoms with E-state index in [0.717, 1.165) is 16.7 Å². The average Bonchev–Trinajstić information content (AvgIpc) is 3.27. The van der Waals surface area contributed by atoms with E-state index in [-0.39, 0.29) is 10.9 Å². The lowest BCUT2D eigenvalue weighted by Gasteiger charge is -2.05. The number of halogens is 2. The van der Waals surface area contributed by atoms with Crippen LogP contribution in [0.25, 0.3) is 39.1 Å². The minimum absolute atomic E-state index is 0.0266. The van der Waals surface area contributed by atoms with Crippen molar-refractivity contribution in [1.82, 2.24) is 14.4 Å². The van der Waals surface area contributed by atoms with Crippen LogP contribution in [0.5, 0.6) is 0 Å². The Bertz CT molecular complexity index is 1320. The van der Waals surface area contributed by atoms with Gasteiger partial charge in [0.15, 0.2) is 11.5 Å². The van der Waals surface area contributed by atoms with Gasteiger partial charge in [0, 0.05) is 24.0 Å². The number of nitrogens with zero attached hydrogens (tertiary/aromatic N) is 3. The summed E-state index contributed by atoms with van der Waals surface area (Å²) in [5.74, 6) is -0.263. The molecule has 0 saturated heterocycles. The highest BCUT2D eigenvalue weighted by Gasteiger charge is 2.20. The van der Waals surface area contributed by atoms with Gasteiger partial charge in [-0.3, -0.25) is 9.38 Å². The van der Waals surface area contributed by atoms with Crippen LogP contribution in [0, 0.1) is 5.82 Å². The summed E-state index contributed by atoms with van der Waals surface area (Å²) in [5.41, 5.74) is 10.3. The molecule has 0 aliphatic carbocycles. The Morgan fingerprint density at radius 1 is 1.07 bits per heavy atom. The van der Waals surface area contributed by atoms with Gasteiger partial charge in [0.1, 0.15) is 17.2 Å². The SMILES string of the molecule is Nc1oc2c(-c3cccc4nccn34)nccc2c1-c1ccc(F)c(Cl)c1. The van der Waals surface area contributed by atoms with Crippen molar-refractivity contribution in [2.45, 2.75) is 0 Å². The molecule has 0 unspecified atom stereocenters. The van der Waals surface area contributed by atoms with Gasteiger partial charge < -0.3 is 10.2 Å². The van der Waals surface area contributed by atoms with Crippen LogP contribution in [0.15, 0.2) is 65.5 Å². The second kappa shape index (κ2) is 5.82. The molecule has 0 atom stereocenters. The van der Waals surface area contributed by atoms with E-state index in [0.29, 0.717) is 22.4 Å². The predicted octanol–water partition coefficient (Wildman–Crippen LogP) is 5.18. The third kappa shape index (κ3) is 2.38. The van der Waals surface area contributed by atoms with Crippen LogP contribution in [-0.2, 0) is 0 Å². The molecule has 5 aromatic rings. The van der Waals surface area contributed by atoms with Crippen LogP contribution in [-0.4, -0.2) is 14.4 Å². The van der Waals surface area contributed by atoms with Crippen LogP contribution in [0.3, 0.4) is 0 Å². The molecule has 27 heavy (non-hydrogen) atoms. The average molecular weight is 379 g/mol. The summed E-state index contributed by atoms with van der Waals surface area (Å²) in [6.45, 7) is 0. The minimum Gasteiger partial charge on any atom is -0.438 e. The summed E-state index contributed by atoms with van der Waals surface area (Å²) in [7, 11) is 0. The van der Waals surface area contributed by atoms with Gasteiger partial charge in [-0.15, -0.1) is 0 Å². The van der Waals surface area contributed by atoms with Crippen molar-refractivity contribution in [3.05, 3.63) is 71.9 Å². The number of hydrogen-bond acceptors (Lipinski definition) is 4.